The van der Waals surface area contributed by atoms with Gasteiger partial charge in [0.15, 0.2) is 0 Å². The molecule has 2 saturated heterocycles. The first kappa shape index (κ1) is 26.8. The van der Waals surface area contributed by atoms with Gasteiger partial charge in [-0.1, -0.05) is 27.7 Å². The highest BCUT2D eigenvalue weighted by molar-refractivity contribution is 5.68. The molecule has 0 spiro atoms. The number of nitrogens with zero attached hydrogens (tertiary/aromatic N) is 2. The number of amides is 2. The summed E-state index contributed by atoms with van der Waals surface area (Å²) in [7, 11) is 0. The molecule has 1 unspecified atom stereocenters. The summed E-state index contributed by atoms with van der Waals surface area (Å²) in [6.07, 6.45) is 3.77. The first-order valence-electron chi connectivity index (χ1n) is 12.4. The third-order valence-electron chi connectivity index (χ3n) is 7.11. The Hall–Kier alpha value is -1.46. The molecule has 6 nitrogen and oxygen atoms in total. The second kappa shape index (κ2) is 9.42. The van der Waals surface area contributed by atoms with Crippen molar-refractivity contribution in [2.75, 3.05) is 26.2 Å². The van der Waals surface area contributed by atoms with Gasteiger partial charge in [-0.05, 0) is 89.9 Å². The Balaban J connectivity index is 1.91. The Bertz CT molecular complexity index is 664. The van der Waals surface area contributed by atoms with Crippen LogP contribution in [0.15, 0.2) is 0 Å². The van der Waals surface area contributed by atoms with Gasteiger partial charge in [0.2, 0.25) is 0 Å². The van der Waals surface area contributed by atoms with Crippen molar-refractivity contribution in [3.8, 4) is 0 Å². The number of ether oxygens (including phenoxy) is 2. The van der Waals surface area contributed by atoms with Gasteiger partial charge < -0.3 is 19.3 Å². The van der Waals surface area contributed by atoms with Crippen LogP contribution in [0.25, 0.3) is 0 Å². The molecule has 0 aromatic heterocycles. The van der Waals surface area contributed by atoms with Gasteiger partial charge in [0.05, 0.1) is 0 Å². The van der Waals surface area contributed by atoms with E-state index in [4.69, 9.17) is 9.47 Å². The van der Waals surface area contributed by atoms with E-state index in [0.717, 1.165) is 51.9 Å². The van der Waals surface area contributed by atoms with Crippen LogP contribution in [0.2, 0.25) is 0 Å². The van der Waals surface area contributed by atoms with Crippen LogP contribution < -0.4 is 0 Å². The van der Waals surface area contributed by atoms with Crippen LogP contribution in [0.4, 0.5) is 9.59 Å². The van der Waals surface area contributed by atoms with Crippen LogP contribution in [0.3, 0.4) is 0 Å². The highest BCUT2D eigenvalue weighted by Crippen LogP contribution is 2.48. The highest BCUT2D eigenvalue weighted by atomic mass is 16.6. The van der Waals surface area contributed by atoms with E-state index in [1.807, 2.05) is 51.3 Å². The van der Waals surface area contributed by atoms with E-state index in [-0.39, 0.29) is 23.0 Å². The molecular formula is C26H48N2O4. The predicted molar refractivity (Wildman–Crippen MR) is 129 cm³/mol. The minimum absolute atomic E-state index is 0.128. The minimum atomic E-state index is -0.457. The fourth-order valence-corrected chi connectivity index (χ4v) is 5.52. The highest BCUT2D eigenvalue weighted by Gasteiger charge is 2.43. The van der Waals surface area contributed by atoms with Crippen molar-refractivity contribution in [1.82, 2.24) is 9.80 Å². The maximum Gasteiger partial charge on any atom is 0.410 e. The molecule has 2 amide bonds. The number of carbonyl (C=O) groups excluding carboxylic acids is 2. The zero-order chi connectivity index (χ0) is 24.5. The number of hydrogen-bond donors (Lipinski definition) is 0. The lowest BCUT2D eigenvalue weighted by atomic mass is 9.62. The molecular weight excluding hydrogens is 404 g/mol. The van der Waals surface area contributed by atoms with E-state index in [9.17, 15) is 9.59 Å². The second-order valence-corrected chi connectivity index (χ2v) is 13.3. The summed E-state index contributed by atoms with van der Waals surface area (Å²) in [5.41, 5.74) is -0.613. The fourth-order valence-electron chi connectivity index (χ4n) is 5.52. The van der Waals surface area contributed by atoms with Gasteiger partial charge in [0.25, 0.3) is 0 Å². The van der Waals surface area contributed by atoms with E-state index in [1.165, 1.54) is 0 Å². The van der Waals surface area contributed by atoms with E-state index < -0.39 is 11.2 Å². The van der Waals surface area contributed by atoms with E-state index in [1.54, 1.807) is 0 Å². The van der Waals surface area contributed by atoms with Gasteiger partial charge in [-0.25, -0.2) is 9.59 Å². The summed E-state index contributed by atoms with van der Waals surface area (Å²) < 4.78 is 11.1. The summed E-state index contributed by atoms with van der Waals surface area (Å²) in [6, 6.07) is 0. The van der Waals surface area contributed by atoms with Crippen molar-refractivity contribution < 1.29 is 19.1 Å². The molecule has 186 valence electrons. The monoisotopic (exact) mass is 452 g/mol. The molecule has 0 radical (unpaired) electrons. The Morgan fingerprint density at radius 1 is 0.656 bits per heavy atom. The zero-order valence-electron chi connectivity index (χ0n) is 22.3. The lowest BCUT2D eigenvalue weighted by molar-refractivity contribution is 0.00303. The average Bonchev–Trinajstić information content (AvgIpc) is 3.09. The number of piperidine rings is 1. The van der Waals surface area contributed by atoms with Crippen LogP contribution in [-0.4, -0.2) is 59.4 Å². The van der Waals surface area contributed by atoms with Crippen molar-refractivity contribution >= 4 is 12.2 Å². The number of carbonyl (C=O) groups is 2. The zero-order valence-corrected chi connectivity index (χ0v) is 22.3. The Labute approximate surface area is 196 Å². The Morgan fingerprint density at radius 2 is 1.03 bits per heavy atom. The average molecular weight is 453 g/mol. The molecule has 32 heavy (non-hydrogen) atoms. The van der Waals surface area contributed by atoms with Crippen LogP contribution in [0.1, 0.15) is 94.9 Å². The van der Waals surface area contributed by atoms with Crippen LogP contribution in [0, 0.1) is 22.7 Å². The minimum Gasteiger partial charge on any atom is -0.444 e. The first-order chi connectivity index (χ1) is 14.4. The lowest BCUT2D eigenvalue weighted by Crippen LogP contribution is -2.45. The quantitative estimate of drug-likeness (QED) is 0.500. The van der Waals surface area contributed by atoms with Gasteiger partial charge in [0.1, 0.15) is 11.2 Å². The van der Waals surface area contributed by atoms with Gasteiger partial charge in [-0.3, -0.25) is 0 Å². The largest absolute Gasteiger partial charge is 0.444 e. The van der Waals surface area contributed by atoms with Gasteiger partial charge >= 0.3 is 12.2 Å². The third kappa shape index (κ3) is 7.55. The summed E-state index contributed by atoms with van der Waals surface area (Å²) in [6.45, 7) is 24.0. The molecule has 0 aliphatic carbocycles. The predicted octanol–water partition coefficient (Wildman–Crippen LogP) is 6.33. The van der Waals surface area contributed by atoms with E-state index in [0.29, 0.717) is 11.8 Å². The SMILES string of the molecule is CC(C)(C)OC(=O)N1CCC(C(C)(C)CC(C)(C)C2CCN(C(=O)OC(C)(C)C)C2)CC1. The van der Waals surface area contributed by atoms with Crippen molar-refractivity contribution in [2.24, 2.45) is 22.7 Å². The summed E-state index contributed by atoms with van der Waals surface area (Å²) in [5, 5.41) is 0. The molecule has 2 aliphatic heterocycles. The van der Waals surface area contributed by atoms with Crippen LogP contribution in [-0.2, 0) is 9.47 Å². The van der Waals surface area contributed by atoms with E-state index >= 15 is 0 Å². The van der Waals surface area contributed by atoms with Gasteiger partial charge in [0, 0.05) is 26.2 Å². The molecule has 2 rings (SSSR count). The number of rotatable bonds is 4. The van der Waals surface area contributed by atoms with Crippen molar-refractivity contribution in [2.45, 2.75) is 106 Å². The molecule has 6 heteroatoms. The summed E-state index contributed by atoms with van der Waals surface area (Å²) in [4.78, 5) is 28.6. The van der Waals surface area contributed by atoms with Crippen molar-refractivity contribution in [3.63, 3.8) is 0 Å². The Kier molecular flexibility index (Phi) is 7.89. The number of hydrogen-bond acceptors (Lipinski definition) is 4. The molecule has 2 aliphatic rings. The maximum absolute atomic E-state index is 12.5. The second-order valence-electron chi connectivity index (χ2n) is 13.3. The van der Waals surface area contributed by atoms with Crippen molar-refractivity contribution in [3.05, 3.63) is 0 Å². The van der Waals surface area contributed by atoms with Gasteiger partial charge in [-0.15, -0.1) is 0 Å². The van der Waals surface area contributed by atoms with Crippen molar-refractivity contribution in [1.29, 1.82) is 0 Å². The molecule has 0 N–H and O–H groups in total. The molecule has 2 fully saturated rings. The van der Waals surface area contributed by atoms with Crippen LogP contribution >= 0.6 is 0 Å². The standard InChI is InChI=1S/C26H48N2O4/c1-23(2,3)31-21(29)27-14-11-19(12-15-27)25(7,8)18-26(9,10)20-13-16-28(17-20)22(30)32-24(4,5)6/h19-20H,11-18H2,1-10H3. The summed E-state index contributed by atoms with van der Waals surface area (Å²) >= 11 is 0. The summed E-state index contributed by atoms with van der Waals surface area (Å²) in [5.74, 6) is 1.04. The van der Waals surface area contributed by atoms with Gasteiger partial charge in [-0.2, -0.15) is 0 Å². The normalized spacial score (nSPS) is 21.6. The first-order valence-corrected chi connectivity index (χ1v) is 12.4. The fraction of sp³-hybridized carbons (Fsp3) is 0.923. The smallest absolute Gasteiger partial charge is 0.410 e. The molecule has 0 aromatic rings. The molecule has 0 saturated carbocycles. The van der Waals surface area contributed by atoms with E-state index in [2.05, 4.69) is 27.7 Å². The topological polar surface area (TPSA) is 59.1 Å². The Morgan fingerprint density at radius 3 is 1.50 bits per heavy atom. The number of likely N-dealkylation sites (tertiary alicyclic amines) is 2. The molecule has 2 heterocycles. The van der Waals surface area contributed by atoms with Crippen LogP contribution in [0.5, 0.6) is 0 Å². The third-order valence-corrected chi connectivity index (χ3v) is 7.11. The molecule has 0 aromatic carbocycles. The molecule has 0 bridgehead atoms. The lowest BCUT2D eigenvalue weighted by Gasteiger charge is -2.46. The molecule has 1 atom stereocenters. The maximum atomic E-state index is 12.5.